The molecule has 3 aromatic rings. The number of carboxylic acid groups (broad SMARTS) is 1. The number of hydrogen-bond acceptors (Lipinski definition) is 5. The fourth-order valence-electron chi connectivity index (χ4n) is 4.56. The van der Waals surface area contributed by atoms with Gasteiger partial charge in [0, 0.05) is 13.0 Å². The van der Waals surface area contributed by atoms with Crippen LogP contribution < -0.4 is 4.74 Å². The number of aliphatic carboxylic acids is 1. The van der Waals surface area contributed by atoms with E-state index in [1.807, 2.05) is 30.3 Å². The number of carbonyl (C=O) groups excluding carboxylic acids is 3. The lowest BCUT2D eigenvalue weighted by atomic mass is 10.0. The predicted molar refractivity (Wildman–Crippen MR) is 125 cm³/mol. The van der Waals surface area contributed by atoms with Gasteiger partial charge in [-0.2, -0.15) is 0 Å². The van der Waals surface area contributed by atoms with E-state index in [2.05, 4.69) is 0 Å². The second-order valence-electron chi connectivity index (χ2n) is 8.54. The van der Waals surface area contributed by atoms with Crippen LogP contribution >= 0.6 is 0 Å². The number of carboxylic acids is 1. The molecular weight excluding hydrogens is 448 g/mol. The maximum Gasteiger partial charge on any atom is 0.323 e. The number of ether oxygens (including phenoxy) is 1. The van der Waals surface area contributed by atoms with Crippen molar-refractivity contribution >= 4 is 23.7 Å². The first-order chi connectivity index (χ1) is 16.9. The highest BCUT2D eigenvalue weighted by atomic mass is 16.5. The average molecular weight is 470 g/mol. The molecule has 0 unspecified atom stereocenters. The second-order valence-corrected chi connectivity index (χ2v) is 8.54. The number of amides is 3. The highest BCUT2D eigenvalue weighted by molar-refractivity contribution is 6.23. The third kappa shape index (κ3) is 4.26. The summed E-state index contributed by atoms with van der Waals surface area (Å²) in [4.78, 5) is 53.3. The van der Waals surface area contributed by atoms with E-state index in [1.165, 1.54) is 4.90 Å². The Bertz CT molecular complexity index is 1300. The van der Waals surface area contributed by atoms with Crippen molar-refractivity contribution in [3.8, 4) is 5.75 Å². The van der Waals surface area contributed by atoms with Crippen molar-refractivity contribution in [2.75, 3.05) is 6.54 Å². The molecule has 0 bridgehead atoms. The monoisotopic (exact) mass is 470 g/mol. The Morgan fingerprint density at radius 1 is 0.886 bits per heavy atom. The van der Waals surface area contributed by atoms with Crippen molar-refractivity contribution in [1.29, 1.82) is 0 Å². The molecule has 2 heterocycles. The predicted octanol–water partition coefficient (Wildman–Crippen LogP) is 2.90. The Kier molecular flexibility index (Phi) is 5.78. The summed E-state index contributed by atoms with van der Waals surface area (Å²) in [6, 6.07) is 20.3. The maximum atomic E-state index is 13.5. The summed E-state index contributed by atoms with van der Waals surface area (Å²) in [6.45, 7) is -0.162. The quantitative estimate of drug-likeness (QED) is 0.556. The van der Waals surface area contributed by atoms with E-state index in [1.54, 1.807) is 42.5 Å². The lowest BCUT2D eigenvalue weighted by Gasteiger charge is -2.28. The van der Waals surface area contributed by atoms with Crippen LogP contribution in [0.3, 0.4) is 0 Å². The fraction of sp³-hybridized carbons (Fsp3) is 0.185. The Hall–Kier alpha value is -4.46. The van der Waals surface area contributed by atoms with Gasteiger partial charge >= 0.3 is 5.97 Å². The van der Waals surface area contributed by atoms with Crippen molar-refractivity contribution in [3.63, 3.8) is 0 Å². The van der Waals surface area contributed by atoms with Gasteiger partial charge in [0.05, 0.1) is 11.1 Å². The molecular formula is C27H22N2O6. The van der Waals surface area contributed by atoms with Gasteiger partial charge in [-0.05, 0) is 41.0 Å². The molecule has 35 heavy (non-hydrogen) atoms. The molecule has 5 rings (SSSR count). The molecule has 8 nitrogen and oxygen atoms in total. The summed E-state index contributed by atoms with van der Waals surface area (Å²) in [5, 5.41) is 9.42. The normalized spacial score (nSPS) is 17.1. The minimum atomic E-state index is -1.18. The van der Waals surface area contributed by atoms with Crippen LogP contribution in [0.4, 0.5) is 0 Å². The van der Waals surface area contributed by atoms with Crippen molar-refractivity contribution in [1.82, 2.24) is 9.80 Å². The van der Waals surface area contributed by atoms with Crippen LogP contribution in [0.5, 0.6) is 5.75 Å². The lowest BCUT2D eigenvalue weighted by molar-refractivity contribution is -0.146. The van der Waals surface area contributed by atoms with Crippen molar-refractivity contribution < 1.29 is 29.0 Å². The highest BCUT2D eigenvalue weighted by Gasteiger charge is 2.45. The summed E-state index contributed by atoms with van der Waals surface area (Å²) < 4.78 is 5.91. The number of nitrogens with zero attached hydrogens (tertiary/aromatic N) is 2. The largest absolute Gasteiger partial charge is 0.489 e. The molecule has 8 heteroatoms. The first-order valence-electron chi connectivity index (χ1n) is 11.2. The molecule has 1 N–H and O–H groups in total. The topological polar surface area (TPSA) is 104 Å². The number of benzene rings is 3. The number of hydrogen-bond donors (Lipinski definition) is 1. The Morgan fingerprint density at radius 3 is 2.20 bits per heavy atom. The molecule has 3 aromatic carbocycles. The molecule has 3 amide bonds. The van der Waals surface area contributed by atoms with E-state index in [0.717, 1.165) is 16.0 Å². The molecule has 0 fully saturated rings. The number of carbonyl (C=O) groups is 4. The van der Waals surface area contributed by atoms with E-state index in [4.69, 9.17) is 4.74 Å². The van der Waals surface area contributed by atoms with Gasteiger partial charge in [-0.15, -0.1) is 0 Å². The molecule has 0 radical (unpaired) electrons. The lowest BCUT2D eigenvalue weighted by Crippen LogP contribution is -2.51. The second kappa shape index (κ2) is 9.06. The zero-order chi connectivity index (χ0) is 24.5. The van der Waals surface area contributed by atoms with Crippen LogP contribution in [0.25, 0.3) is 0 Å². The Labute approximate surface area is 201 Å². The smallest absolute Gasteiger partial charge is 0.323 e. The molecule has 0 spiro atoms. The van der Waals surface area contributed by atoms with Crippen LogP contribution in [0.2, 0.25) is 0 Å². The summed E-state index contributed by atoms with van der Waals surface area (Å²) >= 11 is 0. The van der Waals surface area contributed by atoms with Gasteiger partial charge in [0.2, 0.25) is 5.91 Å². The fourth-order valence-corrected chi connectivity index (χ4v) is 4.56. The first-order valence-corrected chi connectivity index (χ1v) is 11.2. The summed E-state index contributed by atoms with van der Waals surface area (Å²) in [5.74, 6) is -2.28. The zero-order valence-corrected chi connectivity index (χ0v) is 18.7. The Morgan fingerprint density at radius 2 is 1.54 bits per heavy atom. The van der Waals surface area contributed by atoms with Crippen LogP contribution in [0, 0.1) is 0 Å². The molecule has 0 saturated carbocycles. The first kappa shape index (κ1) is 22.3. The van der Waals surface area contributed by atoms with E-state index in [-0.39, 0.29) is 24.1 Å². The maximum absolute atomic E-state index is 13.5. The molecule has 0 aromatic heterocycles. The summed E-state index contributed by atoms with van der Waals surface area (Å²) in [5.41, 5.74) is 2.94. The van der Waals surface area contributed by atoms with Crippen LogP contribution in [-0.2, 0) is 29.2 Å². The SMILES string of the molecule is O=C(O)CN1Cc2cc(OCc3ccccc3)ccc2C[C@H](N2C(=O)c3ccccc3C2=O)C1=O. The number of fused-ring (bicyclic) bond motifs is 2. The van der Waals surface area contributed by atoms with Crippen LogP contribution in [0.1, 0.15) is 37.4 Å². The minimum absolute atomic E-state index is 0.0304. The Balaban J connectivity index is 1.46. The highest BCUT2D eigenvalue weighted by Crippen LogP contribution is 2.31. The summed E-state index contributed by atoms with van der Waals surface area (Å²) in [6.07, 6.45) is 0.0920. The van der Waals surface area contributed by atoms with Crippen LogP contribution in [0.15, 0.2) is 72.8 Å². The van der Waals surface area contributed by atoms with Gasteiger partial charge in [0.25, 0.3) is 11.8 Å². The molecule has 0 aliphatic carbocycles. The van der Waals surface area contributed by atoms with Gasteiger partial charge in [-0.25, -0.2) is 0 Å². The summed E-state index contributed by atoms with van der Waals surface area (Å²) in [7, 11) is 0. The van der Waals surface area contributed by atoms with E-state index >= 15 is 0 Å². The minimum Gasteiger partial charge on any atom is -0.489 e. The van der Waals surface area contributed by atoms with Crippen molar-refractivity contribution in [2.45, 2.75) is 25.6 Å². The van der Waals surface area contributed by atoms with Gasteiger partial charge in [-0.3, -0.25) is 24.1 Å². The van der Waals surface area contributed by atoms with Crippen molar-refractivity contribution in [3.05, 3.63) is 101 Å². The van der Waals surface area contributed by atoms with E-state index in [9.17, 15) is 24.3 Å². The standard InChI is InChI=1S/C27H22N2O6/c30-24(31)15-28-14-19-12-20(35-16-17-6-2-1-3-7-17)11-10-18(19)13-23(27(28)34)29-25(32)21-8-4-5-9-22(21)26(29)33/h1-12,23H,13-16H2,(H,30,31)/t23-/m0/s1. The van der Waals surface area contributed by atoms with Gasteiger partial charge in [0.1, 0.15) is 24.9 Å². The van der Waals surface area contributed by atoms with Gasteiger partial charge in [-0.1, -0.05) is 48.5 Å². The van der Waals surface area contributed by atoms with Gasteiger partial charge < -0.3 is 14.7 Å². The molecule has 2 aliphatic heterocycles. The molecule has 2 aliphatic rings. The number of imide groups is 1. The molecule has 1 atom stereocenters. The average Bonchev–Trinajstić information content (AvgIpc) is 3.03. The van der Waals surface area contributed by atoms with E-state index in [0.29, 0.717) is 17.9 Å². The third-order valence-electron chi connectivity index (χ3n) is 6.26. The molecule has 0 saturated heterocycles. The number of rotatable bonds is 6. The van der Waals surface area contributed by atoms with Gasteiger partial charge in [0.15, 0.2) is 0 Å². The van der Waals surface area contributed by atoms with Crippen molar-refractivity contribution in [2.24, 2.45) is 0 Å². The third-order valence-corrected chi connectivity index (χ3v) is 6.26. The van der Waals surface area contributed by atoms with E-state index < -0.39 is 36.3 Å². The zero-order valence-electron chi connectivity index (χ0n) is 18.7. The van der Waals surface area contributed by atoms with Crippen LogP contribution in [-0.4, -0.2) is 51.2 Å². The molecule has 176 valence electrons.